The van der Waals surface area contributed by atoms with Gasteiger partial charge in [-0.15, -0.1) is 11.8 Å². The Balaban J connectivity index is 1.45. The van der Waals surface area contributed by atoms with Gasteiger partial charge in [0, 0.05) is 17.1 Å². The van der Waals surface area contributed by atoms with Crippen LogP contribution in [0.3, 0.4) is 0 Å². The lowest BCUT2D eigenvalue weighted by atomic mass is 10.0. The summed E-state index contributed by atoms with van der Waals surface area (Å²) in [6.07, 6.45) is 0.814. The van der Waals surface area contributed by atoms with Crippen LogP contribution in [-0.4, -0.2) is 22.5 Å². The van der Waals surface area contributed by atoms with E-state index < -0.39 is 0 Å². The lowest BCUT2D eigenvalue weighted by molar-refractivity contribution is -0.128. The molecule has 1 fully saturated rings. The van der Waals surface area contributed by atoms with Gasteiger partial charge in [0.05, 0.1) is 11.8 Å². The van der Waals surface area contributed by atoms with Crippen LogP contribution < -0.4 is 5.32 Å². The highest BCUT2D eigenvalue weighted by Gasteiger charge is 2.32. The van der Waals surface area contributed by atoms with Gasteiger partial charge in [-0.05, 0) is 47.4 Å². The molecule has 2 amide bonds. The fourth-order valence-electron chi connectivity index (χ4n) is 3.83. The van der Waals surface area contributed by atoms with E-state index in [9.17, 15) is 9.59 Å². The van der Waals surface area contributed by atoms with Crippen molar-refractivity contribution in [3.05, 3.63) is 106 Å². The number of amides is 2. The minimum Gasteiger partial charge on any atom is -0.345 e. The SMILES string of the molecule is CC[C@H](NC(=O)c1ccc([C@@H]2SCC(=O)N2Cc2ccc(Cl)cc2)cc1)c1ccccc1. The van der Waals surface area contributed by atoms with Crippen LogP contribution >= 0.6 is 23.4 Å². The highest BCUT2D eigenvalue weighted by atomic mass is 35.5. The van der Waals surface area contributed by atoms with Gasteiger partial charge in [-0.2, -0.15) is 0 Å². The van der Waals surface area contributed by atoms with Crippen molar-refractivity contribution in [3.8, 4) is 0 Å². The molecule has 1 aliphatic rings. The van der Waals surface area contributed by atoms with Crippen molar-refractivity contribution in [2.45, 2.75) is 31.3 Å². The van der Waals surface area contributed by atoms with E-state index in [1.165, 1.54) is 0 Å². The topological polar surface area (TPSA) is 49.4 Å². The first-order chi connectivity index (χ1) is 15.5. The molecule has 4 rings (SSSR count). The zero-order valence-corrected chi connectivity index (χ0v) is 19.4. The highest BCUT2D eigenvalue weighted by Crippen LogP contribution is 2.39. The number of thioether (sulfide) groups is 1. The maximum absolute atomic E-state index is 12.8. The van der Waals surface area contributed by atoms with Crippen molar-refractivity contribution in [1.29, 1.82) is 0 Å². The molecule has 0 aromatic heterocycles. The van der Waals surface area contributed by atoms with Crippen LogP contribution in [0.25, 0.3) is 0 Å². The Morgan fingerprint density at radius 3 is 2.41 bits per heavy atom. The lowest BCUT2D eigenvalue weighted by Gasteiger charge is -2.24. The summed E-state index contributed by atoms with van der Waals surface area (Å²) in [6.45, 7) is 2.59. The summed E-state index contributed by atoms with van der Waals surface area (Å²) in [5.74, 6) is 0.473. The Bertz CT molecular complexity index is 1070. The fourth-order valence-corrected chi connectivity index (χ4v) is 5.15. The fraction of sp³-hybridized carbons (Fsp3) is 0.231. The number of nitrogens with one attached hydrogen (secondary N) is 1. The maximum Gasteiger partial charge on any atom is 0.251 e. The third kappa shape index (κ3) is 5.17. The second kappa shape index (κ2) is 10.2. The Hall–Kier alpha value is -2.76. The standard InChI is InChI=1S/C26H25ClN2O2S/c1-2-23(19-6-4-3-5-7-19)28-25(31)20-10-12-21(13-11-20)26-29(24(30)17-32-26)16-18-8-14-22(27)15-9-18/h3-15,23,26H,2,16-17H2,1H3,(H,28,31)/t23-,26-/m0/s1. The molecule has 3 aromatic rings. The van der Waals surface area contributed by atoms with Gasteiger partial charge in [-0.1, -0.05) is 73.1 Å². The van der Waals surface area contributed by atoms with E-state index in [-0.39, 0.29) is 23.2 Å². The van der Waals surface area contributed by atoms with Gasteiger partial charge in [0.25, 0.3) is 5.91 Å². The number of halogens is 1. The molecule has 1 aliphatic heterocycles. The minimum absolute atomic E-state index is 0.0266. The monoisotopic (exact) mass is 464 g/mol. The molecule has 0 radical (unpaired) electrons. The molecule has 1 N–H and O–H groups in total. The average Bonchev–Trinajstić information content (AvgIpc) is 3.19. The molecule has 6 heteroatoms. The molecule has 0 saturated carbocycles. The van der Waals surface area contributed by atoms with Gasteiger partial charge in [0.1, 0.15) is 5.37 Å². The molecule has 0 spiro atoms. The summed E-state index contributed by atoms with van der Waals surface area (Å²) >= 11 is 7.59. The Morgan fingerprint density at radius 2 is 1.75 bits per heavy atom. The summed E-state index contributed by atoms with van der Waals surface area (Å²) in [5, 5.41) is 3.73. The quantitative estimate of drug-likeness (QED) is 0.466. The molecule has 32 heavy (non-hydrogen) atoms. The lowest BCUT2D eigenvalue weighted by Crippen LogP contribution is -2.28. The summed E-state index contributed by atoms with van der Waals surface area (Å²) in [4.78, 5) is 27.2. The van der Waals surface area contributed by atoms with E-state index in [0.29, 0.717) is 22.9 Å². The number of hydrogen-bond acceptors (Lipinski definition) is 3. The maximum atomic E-state index is 12.8. The molecule has 0 aliphatic carbocycles. The van der Waals surface area contributed by atoms with Gasteiger partial charge in [-0.3, -0.25) is 9.59 Å². The van der Waals surface area contributed by atoms with Crippen LogP contribution in [0, 0.1) is 0 Å². The number of rotatable bonds is 7. The van der Waals surface area contributed by atoms with Crippen LogP contribution in [0.5, 0.6) is 0 Å². The van der Waals surface area contributed by atoms with E-state index in [4.69, 9.17) is 11.6 Å². The predicted molar refractivity (Wildman–Crippen MR) is 131 cm³/mol. The van der Waals surface area contributed by atoms with Crippen LogP contribution in [0.1, 0.15) is 51.8 Å². The summed E-state index contributed by atoms with van der Waals surface area (Å²) in [5.41, 5.74) is 3.76. The smallest absolute Gasteiger partial charge is 0.251 e. The van der Waals surface area contributed by atoms with Crippen molar-refractivity contribution in [3.63, 3.8) is 0 Å². The molecule has 1 heterocycles. The molecular formula is C26H25ClN2O2S. The second-order valence-corrected chi connectivity index (χ2v) is 9.28. The Morgan fingerprint density at radius 1 is 1.06 bits per heavy atom. The van der Waals surface area contributed by atoms with E-state index in [0.717, 1.165) is 23.1 Å². The average molecular weight is 465 g/mol. The number of carbonyl (C=O) groups excluding carboxylic acids is 2. The van der Waals surface area contributed by atoms with Crippen molar-refractivity contribution < 1.29 is 9.59 Å². The molecule has 2 atom stereocenters. The zero-order valence-electron chi connectivity index (χ0n) is 17.8. The van der Waals surface area contributed by atoms with E-state index in [1.54, 1.807) is 11.8 Å². The van der Waals surface area contributed by atoms with E-state index in [1.807, 2.05) is 83.8 Å². The highest BCUT2D eigenvalue weighted by molar-refractivity contribution is 8.00. The van der Waals surface area contributed by atoms with Gasteiger partial charge in [0.15, 0.2) is 0 Å². The van der Waals surface area contributed by atoms with Gasteiger partial charge in [0.2, 0.25) is 5.91 Å². The molecule has 0 bridgehead atoms. The van der Waals surface area contributed by atoms with Crippen molar-refractivity contribution >= 4 is 35.2 Å². The third-order valence-electron chi connectivity index (χ3n) is 5.61. The zero-order chi connectivity index (χ0) is 22.5. The summed E-state index contributed by atoms with van der Waals surface area (Å²) in [6, 6.07) is 25.1. The largest absolute Gasteiger partial charge is 0.345 e. The third-order valence-corrected chi connectivity index (χ3v) is 7.12. The molecule has 3 aromatic carbocycles. The van der Waals surface area contributed by atoms with Crippen molar-refractivity contribution in [2.75, 3.05) is 5.75 Å². The number of nitrogens with zero attached hydrogens (tertiary/aromatic N) is 1. The number of carbonyl (C=O) groups is 2. The summed E-state index contributed by atoms with van der Waals surface area (Å²) < 4.78 is 0. The van der Waals surface area contributed by atoms with Crippen molar-refractivity contribution in [2.24, 2.45) is 0 Å². The van der Waals surface area contributed by atoms with Crippen molar-refractivity contribution in [1.82, 2.24) is 10.2 Å². The summed E-state index contributed by atoms with van der Waals surface area (Å²) in [7, 11) is 0. The van der Waals surface area contributed by atoms with Gasteiger partial charge >= 0.3 is 0 Å². The Labute approximate surface area is 198 Å². The number of benzene rings is 3. The number of hydrogen-bond donors (Lipinski definition) is 1. The first-order valence-corrected chi connectivity index (χ1v) is 12.1. The van der Waals surface area contributed by atoms with E-state index in [2.05, 4.69) is 12.2 Å². The molecule has 4 nitrogen and oxygen atoms in total. The van der Waals surface area contributed by atoms with E-state index >= 15 is 0 Å². The van der Waals surface area contributed by atoms with Crippen LogP contribution in [0.4, 0.5) is 0 Å². The Kier molecular flexibility index (Phi) is 7.18. The molecule has 0 unspecified atom stereocenters. The normalized spacial score (nSPS) is 16.8. The molecule has 1 saturated heterocycles. The minimum atomic E-state index is -0.0968. The van der Waals surface area contributed by atoms with Crippen LogP contribution in [0.2, 0.25) is 5.02 Å². The second-order valence-electron chi connectivity index (χ2n) is 7.78. The van der Waals surface area contributed by atoms with Gasteiger partial charge < -0.3 is 10.2 Å². The molecule has 164 valence electrons. The molecular weight excluding hydrogens is 440 g/mol. The first-order valence-electron chi connectivity index (χ1n) is 10.7. The first kappa shape index (κ1) is 22.4. The van der Waals surface area contributed by atoms with Crippen LogP contribution in [0.15, 0.2) is 78.9 Å². The predicted octanol–water partition coefficient (Wildman–Crippen LogP) is 6.00. The van der Waals surface area contributed by atoms with Gasteiger partial charge in [-0.25, -0.2) is 0 Å². The van der Waals surface area contributed by atoms with Crippen LogP contribution in [-0.2, 0) is 11.3 Å².